The molecule has 5 heteroatoms. The molecule has 1 amide bonds. The fourth-order valence-corrected chi connectivity index (χ4v) is 2.82. The van der Waals surface area contributed by atoms with Gasteiger partial charge in [0.1, 0.15) is 0 Å². The highest BCUT2D eigenvalue weighted by atomic mass is 28.3. The van der Waals surface area contributed by atoms with E-state index in [1.165, 1.54) is 0 Å². The highest BCUT2D eigenvalue weighted by molar-refractivity contribution is 6.76. The molecule has 0 aromatic heterocycles. The van der Waals surface area contributed by atoms with E-state index in [1.807, 2.05) is 0 Å². The van der Waals surface area contributed by atoms with Crippen LogP contribution in [0.2, 0.25) is 25.7 Å². The average molecular weight is 272 g/mol. The van der Waals surface area contributed by atoms with Crippen LogP contribution in [0.25, 0.3) is 0 Å². The molecule has 1 saturated heterocycles. The molecule has 0 saturated carbocycles. The Kier molecular flexibility index (Phi) is 6.15. The standard InChI is InChI=1S/C13H28N2O2Si/c1-5-11-10-12(6-7-14-11)15-13(16)17-8-9-18(2,3)4/h11-12,14H,5-10H2,1-4H3,(H,15,16). The van der Waals surface area contributed by atoms with Crippen molar-refractivity contribution in [3.05, 3.63) is 0 Å². The molecule has 0 aliphatic carbocycles. The van der Waals surface area contributed by atoms with E-state index in [4.69, 9.17) is 4.74 Å². The number of nitrogens with one attached hydrogen (secondary N) is 2. The third kappa shape index (κ3) is 6.40. The van der Waals surface area contributed by atoms with E-state index in [2.05, 4.69) is 37.2 Å². The second-order valence-electron chi connectivity index (χ2n) is 6.37. The Bertz CT molecular complexity index is 266. The number of hydrogen-bond acceptors (Lipinski definition) is 3. The predicted molar refractivity (Wildman–Crippen MR) is 77.7 cm³/mol. The predicted octanol–water partition coefficient (Wildman–Crippen LogP) is 2.58. The second kappa shape index (κ2) is 7.14. The molecule has 0 aromatic rings. The molecular weight excluding hydrogens is 244 g/mol. The van der Waals surface area contributed by atoms with E-state index in [1.54, 1.807) is 0 Å². The van der Waals surface area contributed by atoms with Gasteiger partial charge in [0.05, 0.1) is 6.61 Å². The Labute approximate surface area is 112 Å². The van der Waals surface area contributed by atoms with Crippen molar-refractivity contribution in [1.29, 1.82) is 0 Å². The summed E-state index contributed by atoms with van der Waals surface area (Å²) >= 11 is 0. The van der Waals surface area contributed by atoms with Crippen LogP contribution in [0, 0.1) is 0 Å². The maximum Gasteiger partial charge on any atom is 0.407 e. The summed E-state index contributed by atoms with van der Waals surface area (Å²) < 4.78 is 5.25. The number of carbonyl (C=O) groups is 1. The van der Waals surface area contributed by atoms with Gasteiger partial charge in [-0.3, -0.25) is 0 Å². The van der Waals surface area contributed by atoms with Crippen molar-refractivity contribution in [3.8, 4) is 0 Å². The summed E-state index contributed by atoms with van der Waals surface area (Å²) in [4.78, 5) is 11.7. The fourth-order valence-electron chi connectivity index (χ4n) is 2.11. The van der Waals surface area contributed by atoms with E-state index in [9.17, 15) is 4.79 Å². The molecule has 18 heavy (non-hydrogen) atoms. The van der Waals surface area contributed by atoms with Crippen molar-refractivity contribution in [2.45, 2.75) is 64.0 Å². The van der Waals surface area contributed by atoms with Gasteiger partial charge in [-0.25, -0.2) is 4.79 Å². The van der Waals surface area contributed by atoms with Crippen molar-refractivity contribution in [2.24, 2.45) is 0 Å². The summed E-state index contributed by atoms with van der Waals surface area (Å²) in [5.41, 5.74) is 0. The van der Waals surface area contributed by atoms with Crippen LogP contribution in [0.4, 0.5) is 4.79 Å². The molecule has 1 rings (SSSR count). The molecule has 4 nitrogen and oxygen atoms in total. The summed E-state index contributed by atoms with van der Waals surface area (Å²) in [7, 11) is -1.11. The zero-order valence-corrected chi connectivity index (χ0v) is 13.2. The van der Waals surface area contributed by atoms with Gasteiger partial charge in [-0.05, 0) is 31.9 Å². The number of hydrogen-bond donors (Lipinski definition) is 2. The van der Waals surface area contributed by atoms with Crippen LogP contribution in [-0.4, -0.2) is 39.4 Å². The minimum Gasteiger partial charge on any atom is -0.450 e. The SMILES string of the molecule is CCC1CC(NC(=O)OCC[Si](C)(C)C)CCN1. The first-order chi connectivity index (χ1) is 8.40. The van der Waals surface area contributed by atoms with E-state index in [0.717, 1.165) is 31.9 Å². The molecule has 1 fully saturated rings. The lowest BCUT2D eigenvalue weighted by Crippen LogP contribution is -2.47. The summed E-state index contributed by atoms with van der Waals surface area (Å²) in [6.45, 7) is 10.6. The number of piperidine rings is 1. The number of rotatable bonds is 5. The Morgan fingerprint density at radius 3 is 2.78 bits per heavy atom. The molecular formula is C13H28N2O2Si. The number of ether oxygens (including phenoxy) is 1. The maximum absolute atomic E-state index is 11.7. The molecule has 2 unspecified atom stereocenters. The third-order valence-corrected chi connectivity index (χ3v) is 5.10. The van der Waals surface area contributed by atoms with E-state index in [-0.39, 0.29) is 12.1 Å². The van der Waals surface area contributed by atoms with Gasteiger partial charge in [0.15, 0.2) is 0 Å². The fraction of sp³-hybridized carbons (Fsp3) is 0.923. The molecule has 106 valence electrons. The lowest BCUT2D eigenvalue weighted by Gasteiger charge is -2.30. The molecule has 0 aromatic carbocycles. The van der Waals surface area contributed by atoms with Gasteiger partial charge in [0.2, 0.25) is 0 Å². The van der Waals surface area contributed by atoms with Crippen LogP contribution in [0.1, 0.15) is 26.2 Å². The first-order valence-corrected chi connectivity index (χ1v) is 10.8. The zero-order valence-electron chi connectivity index (χ0n) is 12.2. The highest BCUT2D eigenvalue weighted by Gasteiger charge is 2.22. The Morgan fingerprint density at radius 2 is 2.17 bits per heavy atom. The Balaban J connectivity index is 2.19. The summed E-state index contributed by atoms with van der Waals surface area (Å²) in [5.74, 6) is 0. The van der Waals surface area contributed by atoms with Gasteiger partial charge in [-0.1, -0.05) is 26.6 Å². The summed E-state index contributed by atoms with van der Waals surface area (Å²) in [6, 6.07) is 1.84. The van der Waals surface area contributed by atoms with Gasteiger partial charge < -0.3 is 15.4 Å². The van der Waals surface area contributed by atoms with Gasteiger partial charge in [-0.2, -0.15) is 0 Å². The Morgan fingerprint density at radius 1 is 1.44 bits per heavy atom. The Hall–Kier alpha value is -0.553. The van der Waals surface area contributed by atoms with Gasteiger partial charge >= 0.3 is 6.09 Å². The largest absolute Gasteiger partial charge is 0.450 e. The van der Waals surface area contributed by atoms with Crippen LogP contribution in [0.3, 0.4) is 0 Å². The van der Waals surface area contributed by atoms with Crippen LogP contribution < -0.4 is 10.6 Å². The summed E-state index contributed by atoms with van der Waals surface area (Å²) in [5, 5.41) is 6.43. The molecule has 0 radical (unpaired) electrons. The van der Waals surface area contributed by atoms with Gasteiger partial charge in [-0.15, -0.1) is 0 Å². The second-order valence-corrected chi connectivity index (χ2v) is 12.0. The van der Waals surface area contributed by atoms with Crippen LogP contribution in [0.15, 0.2) is 0 Å². The van der Waals surface area contributed by atoms with Crippen molar-refractivity contribution in [1.82, 2.24) is 10.6 Å². The van der Waals surface area contributed by atoms with Gasteiger partial charge in [0, 0.05) is 20.2 Å². The molecule has 1 heterocycles. The van der Waals surface area contributed by atoms with Crippen LogP contribution in [-0.2, 0) is 4.74 Å². The van der Waals surface area contributed by atoms with Crippen LogP contribution in [0.5, 0.6) is 0 Å². The highest BCUT2D eigenvalue weighted by Crippen LogP contribution is 2.12. The molecule has 1 aliphatic heterocycles. The van der Waals surface area contributed by atoms with E-state index in [0.29, 0.717) is 12.6 Å². The van der Waals surface area contributed by atoms with Crippen LogP contribution >= 0.6 is 0 Å². The minimum atomic E-state index is -1.11. The molecule has 0 spiro atoms. The van der Waals surface area contributed by atoms with E-state index >= 15 is 0 Å². The van der Waals surface area contributed by atoms with Crippen molar-refractivity contribution in [2.75, 3.05) is 13.2 Å². The topological polar surface area (TPSA) is 50.4 Å². The molecule has 1 aliphatic rings. The first-order valence-electron chi connectivity index (χ1n) is 7.07. The smallest absolute Gasteiger partial charge is 0.407 e. The first kappa shape index (κ1) is 15.5. The molecule has 0 bridgehead atoms. The minimum absolute atomic E-state index is 0.241. The number of amides is 1. The molecule has 2 atom stereocenters. The molecule has 2 N–H and O–H groups in total. The van der Waals surface area contributed by atoms with E-state index < -0.39 is 8.07 Å². The normalized spacial score (nSPS) is 24.7. The van der Waals surface area contributed by atoms with Gasteiger partial charge in [0.25, 0.3) is 0 Å². The third-order valence-electron chi connectivity index (χ3n) is 3.39. The maximum atomic E-state index is 11.7. The quantitative estimate of drug-likeness (QED) is 0.756. The number of alkyl carbamates (subject to hydrolysis) is 1. The average Bonchev–Trinajstić information content (AvgIpc) is 2.27. The lowest BCUT2D eigenvalue weighted by molar-refractivity contribution is 0.143. The zero-order chi connectivity index (χ0) is 13.6. The van der Waals surface area contributed by atoms with Crippen molar-refractivity contribution >= 4 is 14.2 Å². The lowest BCUT2D eigenvalue weighted by atomic mass is 9.98. The number of carbonyl (C=O) groups excluding carboxylic acids is 1. The summed E-state index contributed by atoms with van der Waals surface area (Å²) in [6.07, 6.45) is 2.89. The van der Waals surface area contributed by atoms with Crippen molar-refractivity contribution < 1.29 is 9.53 Å². The monoisotopic (exact) mass is 272 g/mol. The van der Waals surface area contributed by atoms with Crippen molar-refractivity contribution in [3.63, 3.8) is 0 Å².